The molecule has 7 nitrogen and oxygen atoms in total. The molecular weight excluding hydrogens is 453 g/mol. The van der Waals surface area contributed by atoms with Gasteiger partial charge in [0.25, 0.3) is 0 Å². The highest BCUT2D eigenvalue weighted by Crippen LogP contribution is 2.44. The molecule has 2 aliphatic rings. The van der Waals surface area contributed by atoms with Crippen LogP contribution >= 0.6 is 0 Å². The minimum absolute atomic E-state index is 0.0378. The van der Waals surface area contributed by atoms with E-state index in [-0.39, 0.29) is 12.0 Å². The standard InChI is InChI=1S/C28H32BN3O4/c1-18-20(16-30)15-26(19(2)27(18)29(34)35)31-11-13-32(14-12-31)28(33)36-17-25-23-9-5-3-7-21(23)22-8-4-6-10-24(22)25/h3-10,15,25,34-35H,11-14,16-17,30H2,1-2H3. The lowest BCUT2D eigenvalue weighted by Crippen LogP contribution is -2.50. The van der Waals surface area contributed by atoms with Crippen LogP contribution < -0.4 is 16.1 Å². The molecule has 1 amide bonds. The van der Waals surface area contributed by atoms with Crippen molar-refractivity contribution in [1.82, 2.24) is 4.90 Å². The molecule has 0 aromatic heterocycles. The normalized spacial score (nSPS) is 15.0. The van der Waals surface area contributed by atoms with Crippen LogP contribution in [-0.4, -0.2) is 60.9 Å². The average molecular weight is 485 g/mol. The van der Waals surface area contributed by atoms with Crippen LogP contribution in [-0.2, 0) is 11.3 Å². The Morgan fingerprint density at radius 3 is 2.11 bits per heavy atom. The number of nitrogens with zero attached hydrogens (tertiary/aromatic N) is 2. The van der Waals surface area contributed by atoms with Crippen molar-refractivity contribution in [2.45, 2.75) is 26.3 Å². The minimum atomic E-state index is -1.56. The first-order chi connectivity index (χ1) is 17.4. The second-order valence-corrected chi connectivity index (χ2v) is 9.57. The van der Waals surface area contributed by atoms with Gasteiger partial charge in [-0.25, -0.2) is 4.79 Å². The molecular formula is C28H32BN3O4. The van der Waals surface area contributed by atoms with Gasteiger partial charge >= 0.3 is 13.2 Å². The van der Waals surface area contributed by atoms with E-state index in [2.05, 4.69) is 29.2 Å². The van der Waals surface area contributed by atoms with Crippen molar-refractivity contribution >= 4 is 24.4 Å². The number of nitrogens with two attached hydrogens (primary N) is 1. The SMILES string of the molecule is Cc1c(CN)cc(N2CCN(C(=O)OCC3c4ccccc4-c4ccccc43)CC2)c(C)c1B(O)O. The molecule has 1 aliphatic heterocycles. The molecule has 3 aromatic rings. The molecule has 0 spiro atoms. The first-order valence-corrected chi connectivity index (χ1v) is 12.4. The summed E-state index contributed by atoms with van der Waals surface area (Å²) in [6, 6.07) is 18.7. The zero-order valence-electron chi connectivity index (χ0n) is 20.8. The van der Waals surface area contributed by atoms with Gasteiger partial charge in [-0.2, -0.15) is 0 Å². The van der Waals surface area contributed by atoms with Gasteiger partial charge < -0.3 is 30.3 Å². The summed E-state index contributed by atoms with van der Waals surface area (Å²) in [4.78, 5) is 16.9. The number of hydrogen-bond donors (Lipinski definition) is 3. The molecule has 0 unspecified atom stereocenters. The largest absolute Gasteiger partial charge is 0.489 e. The number of fused-ring (bicyclic) bond motifs is 3. The van der Waals surface area contributed by atoms with Crippen molar-refractivity contribution in [1.29, 1.82) is 0 Å². The summed E-state index contributed by atoms with van der Waals surface area (Å²) in [6.07, 6.45) is -0.300. The van der Waals surface area contributed by atoms with Crippen LogP contribution in [0.4, 0.5) is 10.5 Å². The summed E-state index contributed by atoms with van der Waals surface area (Å²) in [7, 11) is -1.56. The summed E-state index contributed by atoms with van der Waals surface area (Å²) in [5, 5.41) is 19.9. The van der Waals surface area contributed by atoms with E-state index in [4.69, 9.17) is 10.5 Å². The van der Waals surface area contributed by atoms with Crippen LogP contribution in [0.1, 0.15) is 33.7 Å². The fourth-order valence-electron chi connectivity index (χ4n) is 5.72. The van der Waals surface area contributed by atoms with E-state index in [1.807, 2.05) is 44.2 Å². The monoisotopic (exact) mass is 485 g/mol. The molecule has 36 heavy (non-hydrogen) atoms. The fraction of sp³-hybridized carbons (Fsp3) is 0.321. The number of amides is 1. The van der Waals surface area contributed by atoms with Crippen LogP contribution in [0.15, 0.2) is 54.6 Å². The van der Waals surface area contributed by atoms with Gasteiger partial charge in [0.1, 0.15) is 6.61 Å². The Morgan fingerprint density at radius 1 is 0.972 bits per heavy atom. The third-order valence-corrected chi connectivity index (χ3v) is 7.68. The highest BCUT2D eigenvalue weighted by atomic mass is 16.6. The van der Waals surface area contributed by atoms with Crippen LogP contribution in [0, 0.1) is 13.8 Å². The Kier molecular flexibility index (Phi) is 6.75. The van der Waals surface area contributed by atoms with Gasteiger partial charge in [0.2, 0.25) is 0 Å². The Bertz CT molecular complexity index is 1240. The smallest absolute Gasteiger partial charge is 0.448 e. The van der Waals surface area contributed by atoms with Crippen molar-refractivity contribution < 1.29 is 19.6 Å². The summed E-state index contributed by atoms with van der Waals surface area (Å²) in [6.45, 7) is 6.69. The lowest BCUT2D eigenvalue weighted by Gasteiger charge is -2.37. The maximum Gasteiger partial charge on any atom is 0.489 e. The molecule has 0 saturated carbocycles. The van der Waals surface area contributed by atoms with Crippen LogP contribution in [0.3, 0.4) is 0 Å². The molecule has 1 heterocycles. The van der Waals surface area contributed by atoms with Gasteiger partial charge in [-0.1, -0.05) is 48.5 Å². The molecule has 5 rings (SSSR count). The average Bonchev–Trinajstić information content (AvgIpc) is 3.21. The zero-order valence-corrected chi connectivity index (χ0v) is 20.8. The molecule has 8 heteroatoms. The lowest BCUT2D eigenvalue weighted by molar-refractivity contribution is 0.0977. The molecule has 0 bridgehead atoms. The molecule has 3 aromatic carbocycles. The third kappa shape index (κ3) is 4.26. The van der Waals surface area contributed by atoms with Gasteiger partial charge in [0.15, 0.2) is 0 Å². The van der Waals surface area contributed by atoms with E-state index in [1.165, 1.54) is 22.3 Å². The van der Waals surface area contributed by atoms with Crippen molar-refractivity contribution in [3.8, 4) is 11.1 Å². The second-order valence-electron chi connectivity index (χ2n) is 9.57. The van der Waals surface area contributed by atoms with Gasteiger partial charge in [0.05, 0.1) is 0 Å². The first-order valence-electron chi connectivity index (χ1n) is 12.4. The number of ether oxygens (including phenoxy) is 1. The highest BCUT2D eigenvalue weighted by molar-refractivity contribution is 6.60. The van der Waals surface area contributed by atoms with Gasteiger partial charge in [0, 0.05) is 44.3 Å². The van der Waals surface area contributed by atoms with Crippen molar-refractivity contribution in [2.75, 3.05) is 37.7 Å². The maximum atomic E-state index is 13.0. The number of carbonyl (C=O) groups is 1. The van der Waals surface area contributed by atoms with E-state index >= 15 is 0 Å². The predicted molar refractivity (Wildman–Crippen MR) is 142 cm³/mol. The summed E-state index contributed by atoms with van der Waals surface area (Å²) < 4.78 is 5.83. The number of carbonyl (C=O) groups excluding carboxylic acids is 1. The number of rotatable bonds is 5. The highest BCUT2D eigenvalue weighted by Gasteiger charge is 2.31. The first kappa shape index (κ1) is 24.4. The number of piperazine rings is 1. The van der Waals surface area contributed by atoms with E-state index in [9.17, 15) is 14.8 Å². The second kappa shape index (κ2) is 9.97. The zero-order chi connectivity index (χ0) is 25.4. The topological polar surface area (TPSA) is 99.3 Å². The van der Waals surface area contributed by atoms with E-state index in [0.717, 1.165) is 22.4 Å². The minimum Gasteiger partial charge on any atom is -0.448 e. The van der Waals surface area contributed by atoms with Crippen molar-refractivity contribution in [2.24, 2.45) is 5.73 Å². The Morgan fingerprint density at radius 2 is 1.56 bits per heavy atom. The molecule has 1 saturated heterocycles. The molecule has 0 atom stereocenters. The van der Waals surface area contributed by atoms with E-state index < -0.39 is 7.12 Å². The van der Waals surface area contributed by atoms with Crippen LogP contribution in [0.5, 0.6) is 0 Å². The van der Waals surface area contributed by atoms with E-state index in [1.54, 1.807) is 4.90 Å². The molecule has 1 fully saturated rings. The van der Waals surface area contributed by atoms with Gasteiger partial charge in [-0.3, -0.25) is 0 Å². The lowest BCUT2D eigenvalue weighted by atomic mass is 9.72. The number of benzene rings is 3. The van der Waals surface area contributed by atoms with Crippen molar-refractivity contribution in [3.63, 3.8) is 0 Å². The van der Waals surface area contributed by atoms with Crippen LogP contribution in [0.2, 0.25) is 0 Å². The van der Waals surface area contributed by atoms with Gasteiger partial charge in [-0.05, 0) is 64.3 Å². The maximum absolute atomic E-state index is 13.0. The Balaban J connectivity index is 1.25. The summed E-state index contributed by atoms with van der Waals surface area (Å²) >= 11 is 0. The summed E-state index contributed by atoms with van der Waals surface area (Å²) in [5.74, 6) is 0.0378. The van der Waals surface area contributed by atoms with Gasteiger partial charge in [-0.15, -0.1) is 0 Å². The molecule has 4 N–H and O–H groups in total. The molecule has 0 radical (unpaired) electrons. The Hall–Kier alpha value is -3.33. The third-order valence-electron chi connectivity index (χ3n) is 7.68. The Labute approximate surface area is 212 Å². The molecule has 1 aliphatic carbocycles. The summed E-state index contributed by atoms with van der Waals surface area (Å²) in [5.41, 5.74) is 14.7. The van der Waals surface area contributed by atoms with E-state index in [0.29, 0.717) is 44.8 Å². The van der Waals surface area contributed by atoms with Crippen molar-refractivity contribution in [3.05, 3.63) is 82.4 Å². The van der Waals surface area contributed by atoms with Crippen LogP contribution in [0.25, 0.3) is 11.1 Å². The quantitative estimate of drug-likeness (QED) is 0.481. The molecule has 186 valence electrons. The fourth-order valence-corrected chi connectivity index (χ4v) is 5.72. The number of hydrogen-bond acceptors (Lipinski definition) is 6. The predicted octanol–water partition coefficient (Wildman–Crippen LogP) is 2.51. The number of anilines is 1.